The molecule has 0 bridgehead atoms. The lowest BCUT2D eigenvalue weighted by molar-refractivity contribution is 0.493. The van der Waals surface area contributed by atoms with Crippen LogP contribution in [0.1, 0.15) is 27.2 Å². The molecule has 1 atom stereocenters. The number of hydrogen-bond acceptors (Lipinski definition) is 4. The van der Waals surface area contributed by atoms with Crippen molar-refractivity contribution in [2.24, 2.45) is 0 Å². The van der Waals surface area contributed by atoms with Crippen LogP contribution in [0, 0.1) is 0 Å². The van der Waals surface area contributed by atoms with Crippen LogP contribution in [0.5, 0.6) is 5.75 Å². The van der Waals surface area contributed by atoms with Crippen LogP contribution >= 0.6 is 0 Å². The van der Waals surface area contributed by atoms with Gasteiger partial charge in [-0.2, -0.15) is 0 Å². The van der Waals surface area contributed by atoms with E-state index in [9.17, 15) is 5.02 Å². The lowest BCUT2D eigenvalue weighted by Crippen LogP contribution is -2.43. The molecule has 0 radical (unpaired) electrons. The monoisotopic (exact) mass is 384 g/mol. The van der Waals surface area contributed by atoms with E-state index in [2.05, 4.69) is 80.4 Å². The number of benzene rings is 2. The molecule has 2 aromatic rings. The molecule has 1 aliphatic rings. The highest BCUT2D eigenvalue weighted by Gasteiger charge is 2.39. The summed E-state index contributed by atoms with van der Waals surface area (Å²) in [5, 5.41) is 15.5. The second-order valence-electron chi connectivity index (χ2n) is 9.30. The standard InChI is InChI=1S/C21H33BN2O2Si/c1-21(2,3)27(5,6)26-18-11-10-16-8-7-9-20(19(16)14-18)24-13-12-17(15-24)23-22(4)25/h7-11,14,17,23,25H,12-13,15H2,1-6H3/t17-/m1/s1. The Kier molecular flexibility index (Phi) is 5.62. The van der Waals surface area contributed by atoms with Crippen LogP contribution < -0.4 is 14.6 Å². The molecule has 146 valence electrons. The van der Waals surface area contributed by atoms with E-state index in [1.54, 1.807) is 6.82 Å². The normalized spacial score (nSPS) is 18.2. The van der Waals surface area contributed by atoms with Gasteiger partial charge in [0.15, 0.2) is 0 Å². The molecule has 1 saturated heterocycles. The van der Waals surface area contributed by atoms with Gasteiger partial charge in [-0.15, -0.1) is 0 Å². The minimum Gasteiger partial charge on any atom is -0.543 e. The Morgan fingerprint density at radius 1 is 1.22 bits per heavy atom. The van der Waals surface area contributed by atoms with E-state index in [0.29, 0.717) is 6.04 Å². The van der Waals surface area contributed by atoms with Gasteiger partial charge in [0, 0.05) is 30.2 Å². The first-order chi connectivity index (χ1) is 12.6. The van der Waals surface area contributed by atoms with Crippen molar-refractivity contribution in [3.8, 4) is 5.75 Å². The zero-order valence-corrected chi connectivity index (χ0v) is 18.5. The van der Waals surface area contributed by atoms with Crippen molar-refractivity contribution in [1.82, 2.24) is 5.23 Å². The summed E-state index contributed by atoms with van der Waals surface area (Å²) in [7, 11) is -2.33. The van der Waals surface area contributed by atoms with Gasteiger partial charge in [-0.25, -0.2) is 0 Å². The van der Waals surface area contributed by atoms with E-state index < -0.39 is 15.4 Å². The van der Waals surface area contributed by atoms with E-state index in [4.69, 9.17) is 4.43 Å². The van der Waals surface area contributed by atoms with Crippen LogP contribution in [0.3, 0.4) is 0 Å². The fraction of sp³-hybridized carbons (Fsp3) is 0.524. The zero-order chi connectivity index (χ0) is 19.8. The Labute approximate surface area is 165 Å². The molecular weight excluding hydrogens is 351 g/mol. The third-order valence-corrected chi connectivity index (χ3v) is 10.4. The van der Waals surface area contributed by atoms with Crippen LogP contribution in [0.15, 0.2) is 36.4 Å². The summed E-state index contributed by atoms with van der Waals surface area (Å²) in [5.74, 6) is 0.972. The number of rotatable bonds is 5. The van der Waals surface area contributed by atoms with Crippen LogP contribution in [0.2, 0.25) is 25.0 Å². The Morgan fingerprint density at radius 2 is 1.96 bits per heavy atom. The van der Waals surface area contributed by atoms with Gasteiger partial charge in [0.25, 0.3) is 0 Å². The minimum absolute atomic E-state index is 0.177. The molecule has 0 amide bonds. The highest BCUT2D eigenvalue weighted by molar-refractivity contribution is 6.74. The minimum atomic E-state index is -1.86. The van der Waals surface area contributed by atoms with E-state index in [1.807, 2.05) is 0 Å². The lowest BCUT2D eigenvalue weighted by Gasteiger charge is -2.36. The summed E-state index contributed by atoms with van der Waals surface area (Å²) in [4.78, 5) is 2.42. The SMILES string of the molecule is CB(O)N[C@@H]1CCN(c2cccc3ccc(O[Si](C)(C)C(C)(C)C)cc23)C1. The fourth-order valence-corrected chi connectivity index (χ4v) is 4.50. The Hall–Kier alpha value is -1.50. The Balaban J connectivity index is 1.89. The van der Waals surface area contributed by atoms with E-state index in [1.165, 1.54) is 16.5 Å². The number of hydrogen-bond donors (Lipinski definition) is 2. The van der Waals surface area contributed by atoms with Crippen molar-refractivity contribution in [1.29, 1.82) is 0 Å². The Bertz CT molecular complexity index is 804. The van der Waals surface area contributed by atoms with Crippen molar-refractivity contribution in [2.45, 2.75) is 58.2 Å². The van der Waals surface area contributed by atoms with E-state index >= 15 is 0 Å². The molecule has 1 heterocycles. The zero-order valence-electron chi connectivity index (χ0n) is 17.5. The molecule has 0 spiro atoms. The van der Waals surface area contributed by atoms with Crippen LogP contribution in [0.4, 0.5) is 5.69 Å². The van der Waals surface area contributed by atoms with Crippen molar-refractivity contribution in [3.05, 3.63) is 36.4 Å². The van der Waals surface area contributed by atoms with Gasteiger partial charge in [-0.1, -0.05) is 39.0 Å². The molecule has 4 nitrogen and oxygen atoms in total. The highest BCUT2D eigenvalue weighted by atomic mass is 28.4. The average Bonchev–Trinajstić information content (AvgIpc) is 3.00. The summed E-state index contributed by atoms with van der Waals surface area (Å²) in [6.45, 7) is 15.1. The van der Waals surface area contributed by atoms with Gasteiger partial charge in [0.1, 0.15) is 5.75 Å². The maximum absolute atomic E-state index is 9.61. The molecule has 2 aromatic carbocycles. The number of nitrogens with one attached hydrogen (secondary N) is 1. The molecule has 2 N–H and O–H groups in total. The third kappa shape index (κ3) is 4.50. The van der Waals surface area contributed by atoms with Crippen molar-refractivity contribution >= 4 is 31.8 Å². The topological polar surface area (TPSA) is 44.7 Å². The molecule has 1 aliphatic heterocycles. The predicted molar refractivity (Wildman–Crippen MR) is 119 cm³/mol. The number of fused-ring (bicyclic) bond motifs is 1. The van der Waals surface area contributed by atoms with Gasteiger partial charge in [0.05, 0.1) is 0 Å². The molecule has 1 fully saturated rings. The summed E-state index contributed by atoms with van der Waals surface area (Å²) in [6.07, 6.45) is 1.04. The first-order valence-corrected chi connectivity index (χ1v) is 12.9. The van der Waals surface area contributed by atoms with Gasteiger partial charge < -0.3 is 19.6 Å². The maximum Gasteiger partial charge on any atom is 0.373 e. The third-order valence-electron chi connectivity index (χ3n) is 6.02. The predicted octanol–water partition coefficient (Wildman–Crippen LogP) is 4.50. The summed E-state index contributed by atoms with van der Waals surface area (Å²) < 4.78 is 6.54. The van der Waals surface area contributed by atoms with Gasteiger partial charge in [0.2, 0.25) is 8.32 Å². The lowest BCUT2D eigenvalue weighted by atomic mass is 9.87. The van der Waals surface area contributed by atoms with Crippen LogP contribution in [-0.4, -0.2) is 39.5 Å². The largest absolute Gasteiger partial charge is 0.543 e. The van der Waals surface area contributed by atoms with E-state index in [0.717, 1.165) is 25.3 Å². The molecule has 0 unspecified atom stereocenters. The molecule has 6 heteroatoms. The molecule has 3 rings (SSSR count). The van der Waals surface area contributed by atoms with Crippen molar-refractivity contribution in [2.75, 3.05) is 18.0 Å². The Morgan fingerprint density at radius 3 is 2.63 bits per heavy atom. The highest BCUT2D eigenvalue weighted by Crippen LogP contribution is 2.39. The number of anilines is 1. The van der Waals surface area contributed by atoms with Crippen LogP contribution in [-0.2, 0) is 0 Å². The summed E-state index contributed by atoms with van der Waals surface area (Å²) in [6, 6.07) is 13.3. The molecule has 27 heavy (non-hydrogen) atoms. The smallest absolute Gasteiger partial charge is 0.373 e. The molecule has 0 aliphatic carbocycles. The van der Waals surface area contributed by atoms with Gasteiger partial charge in [-0.3, -0.25) is 0 Å². The second kappa shape index (κ2) is 7.49. The average molecular weight is 384 g/mol. The van der Waals surface area contributed by atoms with E-state index in [-0.39, 0.29) is 5.04 Å². The number of nitrogens with zero attached hydrogens (tertiary/aromatic N) is 1. The first kappa shape index (κ1) is 20.2. The maximum atomic E-state index is 9.61. The first-order valence-electron chi connectivity index (χ1n) is 9.98. The second-order valence-corrected chi connectivity index (χ2v) is 14.0. The summed E-state index contributed by atoms with van der Waals surface area (Å²) in [5.41, 5.74) is 1.25. The van der Waals surface area contributed by atoms with Gasteiger partial charge in [-0.05, 0) is 55.0 Å². The molecular formula is C21H33BN2O2Si. The molecule has 0 saturated carbocycles. The molecule has 0 aromatic heterocycles. The van der Waals surface area contributed by atoms with Crippen LogP contribution in [0.25, 0.3) is 10.8 Å². The van der Waals surface area contributed by atoms with Crippen molar-refractivity contribution in [3.63, 3.8) is 0 Å². The quantitative estimate of drug-likeness (QED) is 0.745. The van der Waals surface area contributed by atoms with Gasteiger partial charge >= 0.3 is 7.05 Å². The summed E-state index contributed by atoms with van der Waals surface area (Å²) >= 11 is 0. The van der Waals surface area contributed by atoms with Crippen molar-refractivity contribution < 1.29 is 9.45 Å². The fourth-order valence-electron chi connectivity index (χ4n) is 3.48.